The van der Waals surface area contributed by atoms with Gasteiger partial charge in [-0.25, -0.2) is 0 Å². The third kappa shape index (κ3) is 5.91. The molecule has 0 radical (unpaired) electrons. The molecule has 2 amide bonds. The molecule has 0 aliphatic heterocycles. The first-order valence-corrected chi connectivity index (χ1v) is 8.60. The minimum Gasteiger partial charge on any atom is -0.338 e. The number of benzene rings is 2. The van der Waals surface area contributed by atoms with Gasteiger partial charge in [-0.15, -0.1) is 0 Å². The zero-order valence-electron chi connectivity index (χ0n) is 14.8. The van der Waals surface area contributed by atoms with Crippen molar-refractivity contribution in [1.29, 1.82) is 0 Å². The van der Waals surface area contributed by atoms with E-state index in [0.29, 0.717) is 18.1 Å². The second-order valence-electron chi connectivity index (χ2n) is 6.18. The lowest BCUT2D eigenvalue weighted by atomic mass is 10.1. The van der Waals surface area contributed by atoms with Crippen LogP contribution < -0.4 is 5.32 Å². The van der Waals surface area contributed by atoms with Crippen molar-refractivity contribution in [2.75, 3.05) is 11.9 Å². The normalized spacial score (nSPS) is 10.4. The number of hydrogen-bond donors (Lipinski definition) is 1. The van der Waals surface area contributed by atoms with Crippen LogP contribution in [0, 0.1) is 13.8 Å². The molecule has 4 nitrogen and oxygen atoms in total. The van der Waals surface area contributed by atoms with Crippen molar-refractivity contribution < 1.29 is 9.59 Å². The van der Waals surface area contributed by atoms with E-state index in [2.05, 4.69) is 5.32 Å². The summed E-state index contributed by atoms with van der Waals surface area (Å²) in [7, 11) is 0. The quantitative estimate of drug-likeness (QED) is 0.835. The lowest BCUT2D eigenvalue weighted by Gasteiger charge is -2.21. The molecular formula is C20H23ClN2O2. The summed E-state index contributed by atoms with van der Waals surface area (Å²) in [4.78, 5) is 25.7. The smallest absolute Gasteiger partial charge is 0.226 e. The van der Waals surface area contributed by atoms with Crippen LogP contribution in [-0.4, -0.2) is 23.3 Å². The van der Waals surface area contributed by atoms with Crippen LogP contribution in [0.5, 0.6) is 0 Å². The average Bonchev–Trinajstić information content (AvgIpc) is 2.56. The highest BCUT2D eigenvalue weighted by Crippen LogP contribution is 2.17. The second-order valence-corrected chi connectivity index (χ2v) is 6.62. The molecular weight excluding hydrogens is 336 g/mol. The summed E-state index contributed by atoms with van der Waals surface area (Å²) in [5, 5.41) is 3.58. The van der Waals surface area contributed by atoms with Gasteiger partial charge < -0.3 is 10.2 Å². The maximum absolute atomic E-state index is 12.2. The average molecular weight is 359 g/mol. The number of halogens is 1. The number of aryl methyl sites for hydroxylation is 2. The monoisotopic (exact) mass is 358 g/mol. The first kappa shape index (κ1) is 19.0. The lowest BCUT2D eigenvalue weighted by molar-refractivity contribution is -0.129. The maximum atomic E-state index is 12.2. The second kappa shape index (κ2) is 8.67. The number of hydrogen-bond acceptors (Lipinski definition) is 2. The zero-order chi connectivity index (χ0) is 18.4. The predicted molar refractivity (Wildman–Crippen MR) is 102 cm³/mol. The molecule has 0 unspecified atom stereocenters. The standard InChI is InChI=1S/C20H23ClN2O2/c1-14-4-5-15(2)19(12-14)22-20(25)10-11-23(16(3)24)13-17-6-8-18(21)9-7-17/h4-9,12H,10-11,13H2,1-3H3,(H,22,25). The summed E-state index contributed by atoms with van der Waals surface area (Å²) in [6.45, 7) is 6.28. The van der Waals surface area contributed by atoms with Gasteiger partial charge in [0.15, 0.2) is 0 Å². The molecule has 2 aromatic carbocycles. The van der Waals surface area contributed by atoms with Crippen molar-refractivity contribution in [2.24, 2.45) is 0 Å². The van der Waals surface area contributed by atoms with Crippen LogP contribution >= 0.6 is 11.6 Å². The summed E-state index contributed by atoms with van der Waals surface area (Å²) in [6.07, 6.45) is 0.251. The number of carbonyl (C=O) groups excluding carboxylic acids is 2. The minimum absolute atomic E-state index is 0.0607. The summed E-state index contributed by atoms with van der Waals surface area (Å²) < 4.78 is 0. The Balaban J connectivity index is 1.93. The molecule has 0 aliphatic rings. The Morgan fingerprint density at radius 1 is 1.08 bits per heavy atom. The SMILES string of the molecule is CC(=O)N(CCC(=O)Nc1cc(C)ccc1C)Cc1ccc(Cl)cc1. The van der Waals surface area contributed by atoms with E-state index in [1.54, 1.807) is 17.0 Å². The molecule has 0 spiro atoms. The Kier molecular flexibility index (Phi) is 6.59. The van der Waals surface area contributed by atoms with Crippen LogP contribution in [-0.2, 0) is 16.1 Å². The van der Waals surface area contributed by atoms with Gasteiger partial charge in [0, 0.05) is 37.1 Å². The van der Waals surface area contributed by atoms with Gasteiger partial charge in [-0.3, -0.25) is 9.59 Å². The highest BCUT2D eigenvalue weighted by Gasteiger charge is 2.12. The summed E-state index contributed by atoms with van der Waals surface area (Å²) in [5.74, 6) is -0.162. The number of carbonyl (C=O) groups is 2. The molecule has 0 bridgehead atoms. The Morgan fingerprint density at radius 3 is 2.40 bits per heavy atom. The van der Waals surface area contributed by atoms with Gasteiger partial charge in [-0.1, -0.05) is 35.9 Å². The van der Waals surface area contributed by atoms with Crippen LogP contribution in [0.15, 0.2) is 42.5 Å². The molecule has 0 fully saturated rings. The van der Waals surface area contributed by atoms with Gasteiger partial charge in [0.05, 0.1) is 0 Å². The van der Waals surface area contributed by atoms with E-state index in [9.17, 15) is 9.59 Å². The van der Waals surface area contributed by atoms with Crippen molar-refractivity contribution in [1.82, 2.24) is 4.90 Å². The van der Waals surface area contributed by atoms with E-state index < -0.39 is 0 Å². The molecule has 132 valence electrons. The topological polar surface area (TPSA) is 49.4 Å². The van der Waals surface area contributed by atoms with E-state index in [0.717, 1.165) is 22.4 Å². The van der Waals surface area contributed by atoms with Crippen LogP contribution in [0.4, 0.5) is 5.69 Å². The number of amides is 2. The predicted octanol–water partition coefficient (Wildman–Crippen LogP) is 4.33. The minimum atomic E-state index is -0.101. The highest BCUT2D eigenvalue weighted by atomic mass is 35.5. The third-order valence-corrected chi connectivity index (χ3v) is 4.26. The summed E-state index contributed by atoms with van der Waals surface area (Å²) in [6, 6.07) is 13.3. The number of anilines is 1. The van der Waals surface area contributed by atoms with Gasteiger partial charge >= 0.3 is 0 Å². The molecule has 0 heterocycles. The highest BCUT2D eigenvalue weighted by molar-refractivity contribution is 6.30. The van der Waals surface area contributed by atoms with E-state index in [4.69, 9.17) is 11.6 Å². The Morgan fingerprint density at radius 2 is 1.76 bits per heavy atom. The first-order chi connectivity index (χ1) is 11.8. The van der Waals surface area contributed by atoms with Crippen molar-refractivity contribution in [3.8, 4) is 0 Å². The van der Waals surface area contributed by atoms with Crippen molar-refractivity contribution in [2.45, 2.75) is 33.7 Å². The van der Waals surface area contributed by atoms with Gasteiger partial charge in [-0.05, 0) is 48.7 Å². The lowest BCUT2D eigenvalue weighted by Crippen LogP contribution is -2.31. The molecule has 5 heteroatoms. The van der Waals surface area contributed by atoms with Crippen molar-refractivity contribution >= 4 is 29.1 Å². The molecule has 2 rings (SSSR count). The largest absolute Gasteiger partial charge is 0.338 e. The molecule has 1 N–H and O–H groups in total. The van der Waals surface area contributed by atoms with E-state index in [1.807, 2.05) is 44.2 Å². The fraction of sp³-hybridized carbons (Fsp3) is 0.300. The van der Waals surface area contributed by atoms with Crippen LogP contribution in [0.3, 0.4) is 0 Å². The first-order valence-electron chi connectivity index (χ1n) is 8.22. The van der Waals surface area contributed by atoms with Gasteiger partial charge in [0.1, 0.15) is 0 Å². The van der Waals surface area contributed by atoms with Gasteiger partial charge in [-0.2, -0.15) is 0 Å². The molecule has 0 aromatic heterocycles. The zero-order valence-corrected chi connectivity index (χ0v) is 15.6. The molecule has 0 aliphatic carbocycles. The van der Waals surface area contributed by atoms with E-state index >= 15 is 0 Å². The summed E-state index contributed by atoms with van der Waals surface area (Å²) >= 11 is 5.88. The third-order valence-electron chi connectivity index (χ3n) is 4.01. The molecule has 2 aromatic rings. The molecule has 25 heavy (non-hydrogen) atoms. The summed E-state index contributed by atoms with van der Waals surface area (Å²) in [5.41, 5.74) is 3.91. The molecule has 0 atom stereocenters. The van der Waals surface area contributed by atoms with Crippen LogP contribution in [0.2, 0.25) is 5.02 Å². The van der Waals surface area contributed by atoms with Crippen LogP contribution in [0.1, 0.15) is 30.0 Å². The number of nitrogens with one attached hydrogen (secondary N) is 1. The number of nitrogens with zero attached hydrogens (tertiary/aromatic N) is 1. The van der Waals surface area contributed by atoms with E-state index in [1.165, 1.54) is 6.92 Å². The molecule has 0 saturated carbocycles. The fourth-order valence-electron chi connectivity index (χ4n) is 2.48. The Labute approximate surface area is 153 Å². The number of rotatable bonds is 6. The maximum Gasteiger partial charge on any atom is 0.226 e. The fourth-order valence-corrected chi connectivity index (χ4v) is 2.60. The van der Waals surface area contributed by atoms with Crippen molar-refractivity contribution in [3.05, 3.63) is 64.2 Å². The van der Waals surface area contributed by atoms with E-state index in [-0.39, 0.29) is 18.2 Å². The van der Waals surface area contributed by atoms with Gasteiger partial charge in [0.2, 0.25) is 11.8 Å². The Bertz CT molecular complexity index is 757. The van der Waals surface area contributed by atoms with Crippen molar-refractivity contribution in [3.63, 3.8) is 0 Å². The Hall–Kier alpha value is -2.33. The van der Waals surface area contributed by atoms with Gasteiger partial charge in [0.25, 0.3) is 0 Å². The molecule has 0 saturated heterocycles. The van der Waals surface area contributed by atoms with Crippen LogP contribution in [0.25, 0.3) is 0 Å².